The number of rotatable bonds is 4. The maximum Gasteiger partial charge on any atom is 0.306 e. The van der Waals surface area contributed by atoms with E-state index in [1.165, 1.54) is 0 Å². The molecule has 7 heteroatoms. The fourth-order valence-electron chi connectivity index (χ4n) is 2.68. The van der Waals surface area contributed by atoms with Gasteiger partial charge in [0.1, 0.15) is 0 Å². The molecule has 1 fully saturated rings. The van der Waals surface area contributed by atoms with Gasteiger partial charge in [0.15, 0.2) is 11.6 Å². The third kappa shape index (κ3) is 2.97. The average Bonchev–Trinajstić information content (AvgIpc) is 3.11. The molecule has 1 saturated heterocycles. The lowest BCUT2D eigenvalue weighted by Gasteiger charge is -2.35. The van der Waals surface area contributed by atoms with Crippen LogP contribution in [-0.2, 0) is 11.3 Å². The van der Waals surface area contributed by atoms with Crippen LogP contribution in [0.25, 0.3) is 11.7 Å². The standard InChI is InChI=1S/C14H17N3O4/c1-9-7-10(14(18)19)4-5-17(9)8-12-15-13(21-16-12)11-3-2-6-20-11/h2-3,6,9-10H,4-5,7-8H2,1H3,(H,18,19). The normalized spacial score (nSPS) is 23.3. The Morgan fingerprint density at radius 2 is 2.43 bits per heavy atom. The number of hydrogen-bond donors (Lipinski definition) is 1. The fraction of sp³-hybridized carbons (Fsp3) is 0.500. The van der Waals surface area contributed by atoms with Crippen LogP contribution in [0.4, 0.5) is 0 Å². The van der Waals surface area contributed by atoms with Crippen LogP contribution in [0.1, 0.15) is 25.6 Å². The summed E-state index contributed by atoms with van der Waals surface area (Å²) < 4.78 is 10.4. The first-order valence-electron chi connectivity index (χ1n) is 6.97. The zero-order chi connectivity index (χ0) is 14.8. The predicted octanol–water partition coefficient (Wildman–Crippen LogP) is 2.01. The highest BCUT2D eigenvalue weighted by Crippen LogP contribution is 2.25. The predicted molar refractivity (Wildman–Crippen MR) is 72.2 cm³/mol. The first kappa shape index (κ1) is 13.8. The summed E-state index contributed by atoms with van der Waals surface area (Å²) in [6.45, 7) is 3.31. The van der Waals surface area contributed by atoms with Crippen LogP contribution in [0.3, 0.4) is 0 Å². The van der Waals surface area contributed by atoms with Crippen LogP contribution >= 0.6 is 0 Å². The lowest BCUT2D eigenvalue weighted by Crippen LogP contribution is -2.42. The van der Waals surface area contributed by atoms with E-state index in [0.717, 1.165) is 6.54 Å². The van der Waals surface area contributed by atoms with Crippen LogP contribution in [0.15, 0.2) is 27.3 Å². The van der Waals surface area contributed by atoms with E-state index >= 15 is 0 Å². The van der Waals surface area contributed by atoms with Gasteiger partial charge < -0.3 is 14.0 Å². The van der Waals surface area contributed by atoms with Crippen molar-refractivity contribution in [1.29, 1.82) is 0 Å². The second-order valence-corrected chi connectivity index (χ2v) is 5.37. The molecule has 7 nitrogen and oxygen atoms in total. The van der Waals surface area contributed by atoms with Crippen molar-refractivity contribution in [1.82, 2.24) is 15.0 Å². The van der Waals surface area contributed by atoms with Crippen LogP contribution in [-0.4, -0.2) is 38.7 Å². The zero-order valence-electron chi connectivity index (χ0n) is 11.7. The number of aromatic nitrogens is 2. The number of carboxylic acid groups (broad SMARTS) is 1. The van der Waals surface area contributed by atoms with Gasteiger partial charge in [-0.25, -0.2) is 0 Å². The molecule has 21 heavy (non-hydrogen) atoms. The lowest BCUT2D eigenvalue weighted by atomic mass is 9.92. The number of carbonyl (C=O) groups is 1. The average molecular weight is 291 g/mol. The SMILES string of the molecule is CC1CC(C(=O)O)CCN1Cc1noc(-c2ccco2)n1. The van der Waals surface area contributed by atoms with Gasteiger partial charge in [0, 0.05) is 6.04 Å². The minimum absolute atomic E-state index is 0.186. The summed E-state index contributed by atoms with van der Waals surface area (Å²) in [7, 11) is 0. The molecule has 2 aromatic rings. The second kappa shape index (κ2) is 5.69. The molecule has 1 aliphatic heterocycles. The van der Waals surface area contributed by atoms with E-state index in [-0.39, 0.29) is 12.0 Å². The van der Waals surface area contributed by atoms with Crippen molar-refractivity contribution in [2.45, 2.75) is 32.4 Å². The van der Waals surface area contributed by atoms with E-state index in [0.29, 0.717) is 36.9 Å². The molecule has 2 atom stereocenters. The zero-order valence-corrected chi connectivity index (χ0v) is 11.7. The Hall–Kier alpha value is -2.15. The van der Waals surface area contributed by atoms with Gasteiger partial charge in [-0.2, -0.15) is 4.98 Å². The van der Waals surface area contributed by atoms with Gasteiger partial charge >= 0.3 is 5.97 Å². The Bertz CT molecular complexity index is 608. The van der Waals surface area contributed by atoms with Crippen molar-refractivity contribution < 1.29 is 18.8 Å². The molecule has 0 aliphatic carbocycles. The van der Waals surface area contributed by atoms with Crippen molar-refractivity contribution in [3.05, 3.63) is 24.2 Å². The molecular formula is C14H17N3O4. The second-order valence-electron chi connectivity index (χ2n) is 5.37. The van der Waals surface area contributed by atoms with E-state index in [1.54, 1.807) is 18.4 Å². The third-order valence-corrected chi connectivity index (χ3v) is 3.91. The van der Waals surface area contributed by atoms with E-state index in [1.807, 2.05) is 6.92 Å². The summed E-state index contributed by atoms with van der Waals surface area (Å²) in [4.78, 5) is 17.5. The minimum Gasteiger partial charge on any atom is -0.481 e. The van der Waals surface area contributed by atoms with Crippen LogP contribution in [0, 0.1) is 5.92 Å². The molecule has 1 N–H and O–H groups in total. The maximum absolute atomic E-state index is 11.0. The van der Waals surface area contributed by atoms with Crippen molar-refractivity contribution in [2.24, 2.45) is 5.92 Å². The summed E-state index contributed by atoms with van der Waals surface area (Å²) in [5.74, 6) is 0.540. The highest BCUT2D eigenvalue weighted by molar-refractivity contribution is 5.70. The lowest BCUT2D eigenvalue weighted by molar-refractivity contribution is -0.144. The van der Waals surface area contributed by atoms with E-state index in [2.05, 4.69) is 15.0 Å². The quantitative estimate of drug-likeness (QED) is 0.921. The molecular weight excluding hydrogens is 274 g/mol. The van der Waals surface area contributed by atoms with Gasteiger partial charge in [0.05, 0.1) is 18.7 Å². The van der Waals surface area contributed by atoms with Crippen molar-refractivity contribution in [3.63, 3.8) is 0 Å². The number of hydrogen-bond acceptors (Lipinski definition) is 6. The summed E-state index contributed by atoms with van der Waals surface area (Å²) >= 11 is 0. The molecule has 1 aliphatic rings. The summed E-state index contributed by atoms with van der Waals surface area (Å²) in [6.07, 6.45) is 2.86. The van der Waals surface area contributed by atoms with E-state index in [4.69, 9.17) is 14.0 Å². The van der Waals surface area contributed by atoms with Crippen LogP contribution in [0.5, 0.6) is 0 Å². The van der Waals surface area contributed by atoms with Gasteiger partial charge in [-0.1, -0.05) is 5.16 Å². The van der Waals surface area contributed by atoms with Crippen molar-refractivity contribution >= 4 is 5.97 Å². The smallest absolute Gasteiger partial charge is 0.306 e. The van der Waals surface area contributed by atoms with E-state index < -0.39 is 5.97 Å². The van der Waals surface area contributed by atoms with Gasteiger partial charge in [-0.3, -0.25) is 9.69 Å². The van der Waals surface area contributed by atoms with Crippen molar-refractivity contribution in [3.8, 4) is 11.7 Å². The number of piperidine rings is 1. The van der Waals surface area contributed by atoms with Gasteiger partial charge in [0.2, 0.25) is 0 Å². The molecule has 0 aromatic carbocycles. The molecule has 0 saturated carbocycles. The molecule has 2 aromatic heterocycles. The first-order valence-corrected chi connectivity index (χ1v) is 6.97. The van der Waals surface area contributed by atoms with E-state index in [9.17, 15) is 4.79 Å². The summed E-state index contributed by atoms with van der Waals surface area (Å²) in [6, 6.07) is 3.71. The molecule has 0 amide bonds. The van der Waals surface area contributed by atoms with Crippen LogP contribution < -0.4 is 0 Å². The number of carboxylic acids is 1. The Balaban J connectivity index is 1.63. The molecule has 3 heterocycles. The fourth-order valence-corrected chi connectivity index (χ4v) is 2.68. The monoisotopic (exact) mass is 291 g/mol. The number of furan rings is 1. The highest BCUT2D eigenvalue weighted by Gasteiger charge is 2.30. The van der Waals surface area contributed by atoms with Gasteiger partial charge in [-0.15, -0.1) is 0 Å². The Labute approximate surface area is 121 Å². The minimum atomic E-state index is -0.707. The van der Waals surface area contributed by atoms with Crippen LogP contribution in [0.2, 0.25) is 0 Å². The molecule has 0 spiro atoms. The highest BCUT2D eigenvalue weighted by atomic mass is 16.5. The molecule has 3 rings (SSSR count). The number of likely N-dealkylation sites (tertiary alicyclic amines) is 1. The number of nitrogens with zero attached hydrogens (tertiary/aromatic N) is 3. The number of aliphatic carboxylic acids is 1. The molecule has 0 bridgehead atoms. The summed E-state index contributed by atoms with van der Waals surface area (Å²) in [5, 5.41) is 13.0. The third-order valence-electron chi connectivity index (χ3n) is 3.91. The molecule has 2 unspecified atom stereocenters. The Morgan fingerprint density at radius 3 is 3.10 bits per heavy atom. The summed E-state index contributed by atoms with van der Waals surface area (Å²) in [5.41, 5.74) is 0. The molecule has 112 valence electrons. The molecule has 0 radical (unpaired) electrons. The Kier molecular flexibility index (Phi) is 3.74. The maximum atomic E-state index is 11.0. The topological polar surface area (TPSA) is 92.6 Å². The van der Waals surface area contributed by atoms with Gasteiger partial charge in [-0.05, 0) is 38.4 Å². The largest absolute Gasteiger partial charge is 0.481 e. The van der Waals surface area contributed by atoms with Crippen molar-refractivity contribution in [2.75, 3.05) is 6.54 Å². The first-order chi connectivity index (χ1) is 10.1. The van der Waals surface area contributed by atoms with Gasteiger partial charge in [0.25, 0.3) is 5.89 Å². The Morgan fingerprint density at radius 1 is 1.57 bits per heavy atom.